The van der Waals surface area contributed by atoms with Crippen molar-refractivity contribution in [2.75, 3.05) is 7.05 Å². The summed E-state index contributed by atoms with van der Waals surface area (Å²) in [5.41, 5.74) is 6.79. The van der Waals surface area contributed by atoms with Crippen LogP contribution < -0.4 is 5.32 Å². The van der Waals surface area contributed by atoms with E-state index in [1.807, 2.05) is 18.4 Å². The normalized spacial score (nSPS) is 15.4. The number of aryl methyl sites for hydroxylation is 5. The molecule has 1 aliphatic rings. The van der Waals surface area contributed by atoms with Gasteiger partial charge in [0.05, 0.1) is 11.7 Å². The van der Waals surface area contributed by atoms with Gasteiger partial charge in [-0.2, -0.15) is 0 Å². The minimum Gasteiger partial charge on any atom is -0.307 e. The van der Waals surface area contributed by atoms with Crippen LogP contribution in [0.2, 0.25) is 0 Å². The summed E-state index contributed by atoms with van der Waals surface area (Å²) in [6.45, 7) is 6.58. The fraction of sp³-hybridized carbons (Fsp3) is 0.471. The summed E-state index contributed by atoms with van der Waals surface area (Å²) < 4.78 is 0. The summed E-state index contributed by atoms with van der Waals surface area (Å²) >= 11 is 1.90. The van der Waals surface area contributed by atoms with Crippen LogP contribution in [0.15, 0.2) is 12.1 Å². The average molecular weight is 286 g/mol. The first-order chi connectivity index (χ1) is 9.60. The second kappa shape index (κ2) is 5.30. The monoisotopic (exact) mass is 286 g/mol. The minimum absolute atomic E-state index is 0.228. The van der Waals surface area contributed by atoms with Gasteiger partial charge in [-0.05, 0) is 63.8 Å². The van der Waals surface area contributed by atoms with Gasteiger partial charge in [0.2, 0.25) is 0 Å². The molecule has 0 saturated carbocycles. The van der Waals surface area contributed by atoms with E-state index in [0.717, 1.165) is 6.42 Å². The van der Waals surface area contributed by atoms with Crippen molar-refractivity contribution in [3.63, 3.8) is 0 Å². The molecule has 0 amide bonds. The average Bonchev–Trinajstić information content (AvgIpc) is 2.93. The predicted molar refractivity (Wildman–Crippen MR) is 85.7 cm³/mol. The summed E-state index contributed by atoms with van der Waals surface area (Å²) in [4.78, 5) is 6.40. The summed E-state index contributed by atoms with van der Waals surface area (Å²) in [7, 11) is 2.04. The highest BCUT2D eigenvalue weighted by molar-refractivity contribution is 7.11. The van der Waals surface area contributed by atoms with Crippen molar-refractivity contribution in [3.8, 4) is 0 Å². The molecule has 1 aliphatic carbocycles. The SMILES string of the molecule is CNC(c1nc2c(s1)CCC2)c1c(C)cc(C)cc1C. The van der Waals surface area contributed by atoms with Crippen LogP contribution in [-0.4, -0.2) is 12.0 Å². The Kier molecular flexibility index (Phi) is 3.65. The van der Waals surface area contributed by atoms with E-state index in [1.54, 1.807) is 0 Å². The first-order valence-corrected chi connectivity index (χ1v) is 8.15. The number of hydrogen-bond donors (Lipinski definition) is 1. The molecule has 0 radical (unpaired) electrons. The minimum atomic E-state index is 0.228. The van der Waals surface area contributed by atoms with E-state index in [1.165, 1.54) is 50.7 Å². The maximum Gasteiger partial charge on any atom is 0.115 e. The molecule has 106 valence electrons. The van der Waals surface area contributed by atoms with E-state index in [9.17, 15) is 0 Å². The van der Waals surface area contributed by atoms with Gasteiger partial charge in [-0.1, -0.05) is 17.7 Å². The first-order valence-electron chi connectivity index (χ1n) is 7.33. The van der Waals surface area contributed by atoms with Crippen molar-refractivity contribution < 1.29 is 0 Å². The number of thiazole rings is 1. The van der Waals surface area contributed by atoms with E-state index < -0.39 is 0 Å². The molecule has 1 atom stereocenters. The predicted octanol–water partition coefficient (Wildman–Crippen LogP) is 3.87. The number of hydrogen-bond acceptors (Lipinski definition) is 3. The summed E-state index contributed by atoms with van der Waals surface area (Å²) in [6.07, 6.45) is 3.66. The van der Waals surface area contributed by atoms with Crippen LogP contribution in [0, 0.1) is 20.8 Å². The molecular weight excluding hydrogens is 264 g/mol. The maximum atomic E-state index is 4.90. The first kappa shape index (κ1) is 13.8. The van der Waals surface area contributed by atoms with Crippen LogP contribution in [0.4, 0.5) is 0 Å². The number of benzene rings is 1. The molecule has 0 saturated heterocycles. The third-order valence-electron chi connectivity index (χ3n) is 4.17. The number of nitrogens with zero attached hydrogens (tertiary/aromatic N) is 1. The molecule has 20 heavy (non-hydrogen) atoms. The fourth-order valence-corrected chi connectivity index (χ4v) is 4.65. The second-order valence-electron chi connectivity index (χ2n) is 5.81. The van der Waals surface area contributed by atoms with Crippen molar-refractivity contribution in [2.45, 2.75) is 46.1 Å². The van der Waals surface area contributed by atoms with E-state index >= 15 is 0 Å². The molecule has 1 N–H and O–H groups in total. The molecule has 2 aromatic rings. The molecule has 0 fully saturated rings. The van der Waals surface area contributed by atoms with Crippen LogP contribution >= 0.6 is 11.3 Å². The molecular formula is C17H22N2S. The molecule has 0 bridgehead atoms. The highest BCUT2D eigenvalue weighted by Gasteiger charge is 2.24. The smallest absolute Gasteiger partial charge is 0.115 e. The standard InChI is InChI=1S/C17H22N2S/c1-10-8-11(2)15(12(3)9-10)16(18-4)17-19-13-6-5-7-14(13)20-17/h8-9,16,18H,5-7H2,1-4H3. The lowest BCUT2D eigenvalue weighted by Crippen LogP contribution is -2.20. The quantitative estimate of drug-likeness (QED) is 0.926. The van der Waals surface area contributed by atoms with Crippen molar-refractivity contribution in [1.82, 2.24) is 10.3 Å². The third kappa shape index (κ3) is 2.29. The molecule has 1 unspecified atom stereocenters. The molecule has 1 aromatic heterocycles. The van der Waals surface area contributed by atoms with Crippen LogP contribution in [0.5, 0.6) is 0 Å². The van der Waals surface area contributed by atoms with Gasteiger partial charge in [0, 0.05) is 4.88 Å². The highest BCUT2D eigenvalue weighted by atomic mass is 32.1. The molecule has 0 spiro atoms. The Balaban J connectivity index is 2.05. The Labute approximate surface area is 125 Å². The lowest BCUT2D eigenvalue weighted by Gasteiger charge is -2.20. The van der Waals surface area contributed by atoms with E-state index in [0.29, 0.717) is 0 Å². The lowest BCUT2D eigenvalue weighted by atomic mass is 9.94. The van der Waals surface area contributed by atoms with Crippen LogP contribution in [0.3, 0.4) is 0 Å². The molecule has 3 rings (SSSR count). The van der Waals surface area contributed by atoms with Crippen molar-refractivity contribution in [3.05, 3.63) is 50.0 Å². The van der Waals surface area contributed by atoms with Crippen LogP contribution in [0.25, 0.3) is 0 Å². The molecule has 0 aliphatic heterocycles. The van der Waals surface area contributed by atoms with Gasteiger partial charge in [-0.25, -0.2) is 4.98 Å². The fourth-order valence-electron chi connectivity index (χ4n) is 3.37. The zero-order valence-corrected chi connectivity index (χ0v) is 13.5. The van der Waals surface area contributed by atoms with Gasteiger partial charge >= 0.3 is 0 Å². The Morgan fingerprint density at radius 1 is 1.15 bits per heavy atom. The van der Waals surface area contributed by atoms with Gasteiger partial charge in [0.15, 0.2) is 0 Å². The van der Waals surface area contributed by atoms with Gasteiger partial charge in [-0.3, -0.25) is 0 Å². The maximum absolute atomic E-state index is 4.90. The van der Waals surface area contributed by atoms with Crippen LogP contribution in [0.1, 0.15) is 50.3 Å². The number of rotatable bonds is 3. The Morgan fingerprint density at radius 2 is 1.85 bits per heavy atom. The summed E-state index contributed by atoms with van der Waals surface area (Å²) in [6, 6.07) is 4.77. The third-order valence-corrected chi connectivity index (χ3v) is 5.40. The van der Waals surface area contributed by atoms with E-state index in [2.05, 4.69) is 38.2 Å². The molecule has 3 heteroatoms. The van der Waals surface area contributed by atoms with E-state index in [4.69, 9.17) is 4.98 Å². The largest absolute Gasteiger partial charge is 0.307 e. The number of fused-ring (bicyclic) bond motifs is 1. The Hall–Kier alpha value is -1.19. The summed E-state index contributed by atoms with van der Waals surface area (Å²) in [5.74, 6) is 0. The molecule has 1 heterocycles. The summed E-state index contributed by atoms with van der Waals surface area (Å²) in [5, 5.41) is 4.70. The topological polar surface area (TPSA) is 24.9 Å². The van der Waals surface area contributed by atoms with Gasteiger partial charge in [0.1, 0.15) is 5.01 Å². The zero-order chi connectivity index (χ0) is 14.3. The van der Waals surface area contributed by atoms with Gasteiger partial charge in [0.25, 0.3) is 0 Å². The number of aromatic nitrogens is 1. The van der Waals surface area contributed by atoms with Crippen LogP contribution in [-0.2, 0) is 12.8 Å². The van der Waals surface area contributed by atoms with Crippen molar-refractivity contribution in [2.24, 2.45) is 0 Å². The van der Waals surface area contributed by atoms with Gasteiger partial charge in [-0.15, -0.1) is 11.3 Å². The lowest BCUT2D eigenvalue weighted by molar-refractivity contribution is 0.674. The Morgan fingerprint density at radius 3 is 2.45 bits per heavy atom. The molecule has 1 aromatic carbocycles. The van der Waals surface area contributed by atoms with E-state index in [-0.39, 0.29) is 6.04 Å². The Bertz CT molecular complexity index is 598. The highest BCUT2D eigenvalue weighted by Crippen LogP contribution is 2.35. The van der Waals surface area contributed by atoms with Crippen molar-refractivity contribution >= 4 is 11.3 Å². The van der Waals surface area contributed by atoms with Gasteiger partial charge < -0.3 is 5.32 Å². The number of nitrogens with one attached hydrogen (secondary N) is 1. The van der Waals surface area contributed by atoms with Crippen molar-refractivity contribution in [1.29, 1.82) is 0 Å². The zero-order valence-electron chi connectivity index (χ0n) is 12.7. The molecule has 2 nitrogen and oxygen atoms in total. The second-order valence-corrected chi connectivity index (χ2v) is 6.92.